The number of hydrogen-bond acceptors (Lipinski definition) is 5. The van der Waals surface area contributed by atoms with Crippen molar-refractivity contribution < 1.29 is 0 Å². The zero-order chi connectivity index (χ0) is 13.1. The highest BCUT2D eigenvalue weighted by atomic mass is 35.5. The molecule has 96 valence electrons. The third-order valence-electron chi connectivity index (χ3n) is 2.73. The third kappa shape index (κ3) is 2.48. The molecule has 19 heavy (non-hydrogen) atoms. The SMILES string of the molecule is ClC(CNc1cncc2nnnn12)c1ccccc1. The Morgan fingerprint density at radius 3 is 2.89 bits per heavy atom. The van der Waals surface area contributed by atoms with E-state index in [2.05, 4.69) is 25.8 Å². The molecule has 0 saturated carbocycles. The first kappa shape index (κ1) is 11.9. The van der Waals surface area contributed by atoms with Crippen molar-refractivity contribution in [3.63, 3.8) is 0 Å². The Morgan fingerprint density at radius 2 is 2.05 bits per heavy atom. The van der Waals surface area contributed by atoms with Crippen LogP contribution in [0.15, 0.2) is 42.7 Å². The number of nitrogens with zero attached hydrogens (tertiary/aromatic N) is 5. The predicted octanol–water partition coefficient (Wildman–Crippen LogP) is 1.91. The van der Waals surface area contributed by atoms with Crippen molar-refractivity contribution in [2.45, 2.75) is 5.38 Å². The van der Waals surface area contributed by atoms with Gasteiger partial charge in [0.2, 0.25) is 0 Å². The first-order chi connectivity index (χ1) is 9.34. The van der Waals surface area contributed by atoms with Gasteiger partial charge in [0.1, 0.15) is 5.82 Å². The van der Waals surface area contributed by atoms with Crippen molar-refractivity contribution in [2.24, 2.45) is 0 Å². The fraction of sp³-hybridized carbons (Fsp3) is 0.167. The van der Waals surface area contributed by atoms with Gasteiger partial charge in [0, 0.05) is 6.54 Å². The molecule has 1 atom stereocenters. The van der Waals surface area contributed by atoms with Crippen LogP contribution in [0.4, 0.5) is 5.82 Å². The van der Waals surface area contributed by atoms with Gasteiger partial charge in [-0.05, 0) is 16.0 Å². The number of halogens is 1. The van der Waals surface area contributed by atoms with E-state index in [1.807, 2.05) is 30.3 Å². The van der Waals surface area contributed by atoms with Gasteiger partial charge in [-0.25, -0.2) is 0 Å². The molecule has 0 fully saturated rings. The second-order valence-electron chi connectivity index (χ2n) is 4.00. The van der Waals surface area contributed by atoms with Gasteiger partial charge in [0.25, 0.3) is 0 Å². The molecule has 6 nitrogen and oxygen atoms in total. The summed E-state index contributed by atoms with van der Waals surface area (Å²) in [5.41, 5.74) is 1.66. The molecule has 1 N–H and O–H groups in total. The average molecular weight is 275 g/mol. The maximum Gasteiger partial charge on any atom is 0.199 e. The molecular weight excluding hydrogens is 264 g/mol. The van der Waals surface area contributed by atoms with Crippen molar-refractivity contribution in [3.05, 3.63) is 48.3 Å². The monoisotopic (exact) mass is 274 g/mol. The summed E-state index contributed by atoms with van der Waals surface area (Å²) in [6.45, 7) is 0.562. The molecule has 3 rings (SSSR count). The Balaban J connectivity index is 1.74. The second kappa shape index (κ2) is 5.19. The number of alkyl halides is 1. The average Bonchev–Trinajstić information content (AvgIpc) is 2.94. The smallest absolute Gasteiger partial charge is 0.199 e. The summed E-state index contributed by atoms with van der Waals surface area (Å²) in [5, 5.41) is 14.4. The summed E-state index contributed by atoms with van der Waals surface area (Å²) in [5.74, 6) is 0.712. The van der Waals surface area contributed by atoms with E-state index in [9.17, 15) is 0 Å². The Morgan fingerprint density at radius 1 is 1.21 bits per heavy atom. The number of nitrogens with one attached hydrogen (secondary N) is 1. The number of hydrogen-bond donors (Lipinski definition) is 1. The summed E-state index contributed by atoms with van der Waals surface area (Å²) in [4.78, 5) is 4.07. The number of benzene rings is 1. The van der Waals surface area contributed by atoms with Gasteiger partial charge >= 0.3 is 0 Å². The van der Waals surface area contributed by atoms with Crippen LogP contribution in [0.5, 0.6) is 0 Å². The molecule has 2 aromatic heterocycles. The first-order valence-electron chi connectivity index (χ1n) is 5.79. The number of aromatic nitrogens is 5. The Kier molecular flexibility index (Phi) is 3.24. The van der Waals surface area contributed by atoms with Crippen LogP contribution in [-0.2, 0) is 0 Å². The number of rotatable bonds is 4. The highest BCUT2D eigenvalue weighted by Crippen LogP contribution is 2.20. The number of fused-ring (bicyclic) bond motifs is 1. The number of anilines is 1. The lowest BCUT2D eigenvalue weighted by Gasteiger charge is -2.12. The maximum atomic E-state index is 6.34. The lowest BCUT2D eigenvalue weighted by atomic mass is 10.1. The fourth-order valence-electron chi connectivity index (χ4n) is 1.77. The lowest BCUT2D eigenvalue weighted by molar-refractivity contribution is 0.816. The van der Waals surface area contributed by atoms with Gasteiger partial charge in [-0.3, -0.25) is 4.98 Å². The maximum absolute atomic E-state index is 6.34. The predicted molar refractivity (Wildman–Crippen MR) is 72.1 cm³/mol. The highest BCUT2D eigenvalue weighted by Gasteiger charge is 2.09. The van der Waals surface area contributed by atoms with E-state index in [4.69, 9.17) is 11.6 Å². The normalized spacial score (nSPS) is 12.5. The van der Waals surface area contributed by atoms with Gasteiger partial charge in [0.15, 0.2) is 5.65 Å². The van der Waals surface area contributed by atoms with E-state index >= 15 is 0 Å². The van der Waals surface area contributed by atoms with Gasteiger partial charge < -0.3 is 5.32 Å². The Hall–Kier alpha value is -2.21. The molecule has 0 bridgehead atoms. The van der Waals surface area contributed by atoms with Gasteiger partial charge in [-0.1, -0.05) is 30.3 Å². The Bertz CT molecular complexity index is 668. The van der Waals surface area contributed by atoms with Gasteiger partial charge in [-0.15, -0.1) is 16.7 Å². The molecule has 0 aliphatic carbocycles. The summed E-state index contributed by atoms with van der Waals surface area (Å²) < 4.78 is 1.58. The van der Waals surface area contributed by atoms with E-state index in [1.165, 1.54) is 0 Å². The van der Waals surface area contributed by atoms with Crippen LogP contribution < -0.4 is 5.32 Å². The zero-order valence-electron chi connectivity index (χ0n) is 9.94. The molecule has 0 aliphatic heterocycles. The van der Waals surface area contributed by atoms with Crippen LogP contribution in [0.3, 0.4) is 0 Å². The van der Waals surface area contributed by atoms with Crippen LogP contribution in [0, 0.1) is 0 Å². The molecule has 3 aromatic rings. The van der Waals surface area contributed by atoms with Gasteiger partial charge in [0.05, 0.1) is 17.8 Å². The standard InChI is InChI=1S/C12H11ClN6/c13-10(9-4-2-1-3-5-9)6-15-11-7-14-8-12-16-17-18-19(11)12/h1-5,7-8,10,15H,6H2. The molecular formula is C12H11ClN6. The van der Waals surface area contributed by atoms with E-state index in [0.717, 1.165) is 5.56 Å². The molecule has 0 amide bonds. The number of tetrazole rings is 1. The van der Waals surface area contributed by atoms with E-state index in [0.29, 0.717) is 18.0 Å². The summed E-state index contributed by atoms with van der Waals surface area (Å²) in [6.07, 6.45) is 3.26. The molecule has 0 saturated heterocycles. The Labute approximate surface area is 114 Å². The highest BCUT2D eigenvalue weighted by molar-refractivity contribution is 6.21. The van der Waals surface area contributed by atoms with Crippen LogP contribution in [-0.4, -0.2) is 31.6 Å². The third-order valence-corrected chi connectivity index (χ3v) is 3.14. The lowest BCUT2D eigenvalue weighted by Crippen LogP contribution is -2.11. The minimum absolute atomic E-state index is 0.132. The minimum atomic E-state index is -0.132. The van der Waals surface area contributed by atoms with Crippen molar-refractivity contribution in [1.82, 2.24) is 25.0 Å². The second-order valence-corrected chi connectivity index (χ2v) is 4.53. The summed E-state index contributed by atoms with van der Waals surface area (Å²) in [7, 11) is 0. The molecule has 1 aromatic carbocycles. The molecule has 0 spiro atoms. The largest absolute Gasteiger partial charge is 0.367 e. The first-order valence-corrected chi connectivity index (χ1v) is 6.23. The topological polar surface area (TPSA) is 68.0 Å². The van der Waals surface area contributed by atoms with E-state index in [1.54, 1.807) is 16.9 Å². The van der Waals surface area contributed by atoms with E-state index < -0.39 is 0 Å². The molecule has 0 radical (unpaired) electrons. The summed E-state index contributed by atoms with van der Waals surface area (Å²) in [6, 6.07) is 9.89. The molecule has 0 aliphatic rings. The molecule has 1 unspecified atom stereocenters. The van der Waals surface area contributed by atoms with Crippen LogP contribution >= 0.6 is 11.6 Å². The molecule has 7 heteroatoms. The van der Waals surface area contributed by atoms with Crippen molar-refractivity contribution >= 4 is 23.1 Å². The van der Waals surface area contributed by atoms with Crippen molar-refractivity contribution in [1.29, 1.82) is 0 Å². The summed E-state index contributed by atoms with van der Waals surface area (Å²) >= 11 is 6.34. The van der Waals surface area contributed by atoms with Crippen molar-refractivity contribution in [3.8, 4) is 0 Å². The van der Waals surface area contributed by atoms with Crippen LogP contribution in [0.2, 0.25) is 0 Å². The quantitative estimate of drug-likeness (QED) is 0.736. The fourth-order valence-corrected chi connectivity index (χ4v) is 1.99. The minimum Gasteiger partial charge on any atom is -0.367 e. The zero-order valence-corrected chi connectivity index (χ0v) is 10.7. The van der Waals surface area contributed by atoms with Crippen molar-refractivity contribution in [2.75, 3.05) is 11.9 Å². The molecule has 2 heterocycles. The van der Waals surface area contributed by atoms with Gasteiger partial charge in [-0.2, -0.15) is 4.52 Å². The van der Waals surface area contributed by atoms with Crippen LogP contribution in [0.1, 0.15) is 10.9 Å². The van der Waals surface area contributed by atoms with E-state index in [-0.39, 0.29) is 5.38 Å². The van der Waals surface area contributed by atoms with Crippen LogP contribution in [0.25, 0.3) is 5.65 Å².